The number of hydrogen-bond acceptors (Lipinski definition) is 2. The van der Waals surface area contributed by atoms with E-state index in [0.29, 0.717) is 11.8 Å². The van der Waals surface area contributed by atoms with Gasteiger partial charge in [-0.3, -0.25) is 4.79 Å². The van der Waals surface area contributed by atoms with Crippen molar-refractivity contribution in [1.29, 1.82) is 0 Å². The van der Waals surface area contributed by atoms with Crippen LogP contribution in [0.5, 0.6) is 0 Å². The fraction of sp³-hybridized carbons (Fsp3) is 0.909. The Hall–Kier alpha value is -0.570. The number of hydrogen-bond donors (Lipinski definition) is 1. The first kappa shape index (κ1) is 11.5. The zero-order valence-electron chi connectivity index (χ0n) is 9.04. The normalized spacial score (nSPS) is 19.9. The summed E-state index contributed by atoms with van der Waals surface area (Å²) in [5, 5.41) is 8.84. The molecule has 0 aromatic heterocycles. The molecule has 3 nitrogen and oxygen atoms in total. The first-order valence-electron chi connectivity index (χ1n) is 5.62. The molecular weight excluding hydrogens is 178 g/mol. The second kappa shape index (κ2) is 6.02. The Morgan fingerprint density at radius 3 is 2.93 bits per heavy atom. The van der Waals surface area contributed by atoms with Gasteiger partial charge in [-0.15, -0.1) is 0 Å². The number of nitrogens with zero attached hydrogens (tertiary/aromatic N) is 1. The van der Waals surface area contributed by atoms with Gasteiger partial charge < -0.3 is 10.0 Å². The maximum absolute atomic E-state index is 11.4. The molecule has 0 saturated carbocycles. The summed E-state index contributed by atoms with van der Waals surface area (Å²) in [6, 6.07) is 0. The van der Waals surface area contributed by atoms with Gasteiger partial charge in [-0.1, -0.05) is 6.92 Å². The van der Waals surface area contributed by atoms with Gasteiger partial charge in [0.15, 0.2) is 0 Å². The molecule has 82 valence electrons. The van der Waals surface area contributed by atoms with Gasteiger partial charge >= 0.3 is 0 Å². The standard InChI is InChI=1S/C11H21NO2/c1-10(9-13)5-4-8-12-7-3-2-6-11(12)14/h10,13H,2-9H2,1H3. The average molecular weight is 199 g/mol. The van der Waals surface area contributed by atoms with Gasteiger partial charge in [-0.25, -0.2) is 0 Å². The monoisotopic (exact) mass is 199 g/mol. The summed E-state index contributed by atoms with van der Waals surface area (Å²) < 4.78 is 0. The largest absolute Gasteiger partial charge is 0.396 e. The Balaban J connectivity index is 2.13. The first-order chi connectivity index (χ1) is 6.74. The average Bonchev–Trinajstić information content (AvgIpc) is 2.20. The number of carbonyl (C=O) groups excluding carboxylic acids is 1. The quantitative estimate of drug-likeness (QED) is 0.727. The van der Waals surface area contributed by atoms with Crippen molar-refractivity contribution in [1.82, 2.24) is 4.90 Å². The molecule has 0 spiro atoms. The summed E-state index contributed by atoms with van der Waals surface area (Å²) >= 11 is 0. The molecule has 3 heteroatoms. The Morgan fingerprint density at radius 2 is 2.29 bits per heavy atom. The predicted molar refractivity (Wildman–Crippen MR) is 55.9 cm³/mol. The van der Waals surface area contributed by atoms with Gasteiger partial charge in [-0.2, -0.15) is 0 Å². The fourth-order valence-electron chi connectivity index (χ4n) is 1.82. The maximum Gasteiger partial charge on any atom is 0.222 e. The Bertz CT molecular complexity index is 182. The smallest absolute Gasteiger partial charge is 0.222 e. The number of amides is 1. The number of rotatable bonds is 5. The highest BCUT2D eigenvalue weighted by Gasteiger charge is 2.17. The SMILES string of the molecule is CC(CO)CCCN1CCCCC1=O. The molecule has 1 unspecified atom stereocenters. The molecule has 0 aliphatic carbocycles. The lowest BCUT2D eigenvalue weighted by Gasteiger charge is -2.26. The van der Waals surface area contributed by atoms with Crippen molar-refractivity contribution in [2.24, 2.45) is 5.92 Å². The summed E-state index contributed by atoms with van der Waals surface area (Å²) in [7, 11) is 0. The molecule has 1 fully saturated rings. The summed E-state index contributed by atoms with van der Waals surface area (Å²) in [4.78, 5) is 13.4. The zero-order valence-corrected chi connectivity index (χ0v) is 9.04. The molecule has 1 atom stereocenters. The van der Waals surface area contributed by atoms with Gasteiger partial charge in [0, 0.05) is 26.1 Å². The number of piperidine rings is 1. The lowest BCUT2D eigenvalue weighted by Crippen LogP contribution is -2.36. The number of carbonyl (C=O) groups is 1. The number of aliphatic hydroxyl groups is 1. The molecule has 1 aliphatic heterocycles. The Morgan fingerprint density at radius 1 is 1.50 bits per heavy atom. The van der Waals surface area contributed by atoms with Crippen LogP contribution in [0.2, 0.25) is 0 Å². The van der Waals surface area contributed by atoms with Crippen LogP contribution < -0.4 is 0 Å². The van der Waals surface area contributed by atoms with E-state index < -0.39 is 0 Å². The molecule has 0 aromatic rings. The first-order valence-corrected chi connectivity index (χ1v) is 5.62. The van der Waals surface area contributed by atoms with E-state index in [-0.39, 0.29) is 6.61 Å². The summed E-state index contributed by atoms with van der Waals surface area (Å²) in [6.45, 7) is 4.11. The lowest BCUT2D eigenvalue weighted by molar-refractivity contribution is -0.133. The van der Waals surface area contributed by atoms with E-state index in [1.54, 1.807) is 0 Å². The van der Waals surface area contributed by atoms with E-state index in [1.807, 2.05) is 11.8 Å². The number of aliphatic hydroxyl groups excluding tert-OH is 1. The van der Waals surface area contributed by atoms with Gasteiger partial charge in [0.1, 0.15) is 0 Å². The van der Waals surface area contributed by atoms with Gasteiger partial charge in [0.2, 0.25) is 5.91 Å². The summed E-state index contributed by atoms with van der Waals surface area (Å²) in [5.41, 5.74) is 0. The minimum absolute atomic E-state index is 0.258. The second-order valence-corrected chi connectivity index (χ2v) is 4.27. The van der Waals surface area contributed by atoms with Crippen LogP contribution in [-0.2, 0) is 4.79 Å². The predicted octanol–water partition coefficient (Wildman–Crippen LogP) is 1.41. The van der Waals surface area contributed by atoms with Crippen LogP contribution in [0.3, 0.4) is 0 Å². The molecule has 0 radical (unpaired) electrons. The molecule has 1 heterocycles. The topological polar surface area (TPSA) is 40.5 Å². The third-order valence-electron chi connectivity index (χ3n) is 2.86. The van der Waals surface area contributed by atoms with Crippen molar-refractivity contribution >= 4 is 5.91 Å². The molecule has 0 bridgehead atoms. The van der Waals surface area contributed by atoms with E-state index >= 15 is 0 Å². The van der Waals surface area contributed by atoms with Crippen LogP contribution in [0, 0.1) is 5.92 Å². The van der Waals surface area contributed by atoms with Crippen molar-refractivity contribution in [3.8, 4) is 0 Å². The second-order valence-electron chi connectivity index (χ2n) is 4.27. The van der Waals surface area contributed by atoms with Crippen LogP contribution >= 0.6 is 0 Å². The third kappa shape index (κ3) is 3.66. The van der Waals surface area contributed by atoms with Gasteiger partial charge in [0.05, 0.1) is 0 Å². The minimum Gasteiger partial charge on any atom is -0.396 e. The lowest BCUT2D eigenvalue weighted by atomic mass is 10.1. The van der Waals surface area contributed by atoms with Gasteiger partial charge in [-0.05, 0) is 31.6 Å². The van der Waals surface area contributed by atoms with Crippen LogP contribution in [0.4, 0.5) is 0 Å². The highest BCUT2D eigenvalue weighted by molar-refractivity contribution is 5.76. The molecule has 1 rings (SSSR count). The highest BCUT2D eigenvalue weighted by Crippen LogP contribution is 2.12. The van der Waals surface area contributed by atoms with E-state index in [1.165, 1.54) is 0 Å². The van der Waals surface area contributed by atoms with Crippen molar-refractivity contribution in [3.63, 3.8) is 0 Å². The summed E-state index contributed by atoms with van der Waals surface area (Å²) in [6.07, 6.45) is 4.98. The van der Waals surface area contributed by atoms with Crippen molar-refractivity contribution in [2.75, 3.05) is 19.7 Å². The zero-order chi connectivity index (χ0) is 10.4. The van der Waals surface area contributed by atoms with Crippen molar-refractivity contribution < 1.29 is 9.90 Å². The fourth-order valence-corrected chi connectivity index (χ4v) is 1.82. The molecule has 14 heavy (non-hydrogen) atoms. The van der Waals surface area contributed by atoms with Crippen LogP contribution in [-0.4, -0.2) is 35.6 Å². The van der Waals surface area contributed by atoms with E-state index in [0.717, 1.165) is 45.2 Å². The molecule has 1 saturated heterocycles. The van der Waals surface area contributed by atoms with Gasteiger partial charge in [0.25, 0.3) is 0 Å². The van der Waals surface area contributed by atoms with E-state index in [2.05, 4.69) is 0 Å². The van der Waals surface area contributed by atoms with Crippen molar-refractivity contribution in [3.05, 3.63) is 0 Å². The van der Waals surface area contributed by atoms with E-state index in [4.69, 9.17) is 5.11 Å². The molecule has 1 amide bonds. The van der Waals surface area contributed by atoms with E-state index in [9.17, 15) is 4.79 Å². The van der Waals surface area contributed by atoms with Crippen molar-refractivity contribution in [2.45, 2.75) is 39.0 Å². The molecule has 1 aliphatic rings. The van der Waals surface area contributed by atoms with Crippen LogP contribution in [0.25, 0.3) is 0 Å². The molecule has 0 aromatic carbocycles. The Kier molecular flexibility index (Phi) is 4.94. The highest BCUT2D eigenvalue weighted by atomic mass is 16.3. The Labute approximate surface area is 86.1 Å². The van der Waals surface area contributed by atoms with Crippen LogP contribution in [0.15, 0.2) is 0 Å². The minimum atomic E-state index is 0.258. The molecule has 1 N–H and O–H groups in total. The number of likely N-dealkylation sites (tertiary alicyclic amines) is 1. The molecular formula is C11H21NO2. The van der Waals surface area contributed by atoms with Crippen LogP contribution in [0.1, 0.15) is 39.0 Å². The summed E-state index contributed by atoms with van der Waals surface area (Å²) in [5.74, 6) is 0.683. The third-order valence-corrected chi connectivity index (χ3v) is 2.86. The maximum atomic E-state index is 11.4.